The van der Waals surface area contributed by atoms with Crippen LogP contribution in [0.1, 0.15) is 25.0 Å². The molecule has 2 N–H and O–H groups in total. The number of anilines is 2. The number of nitrogen functional groups attached to an aromatic ring is 1. The first-order valence-corrected chi connectivity index (χ1v) is 6.84. The van der Waals surface area contributed by atoms with Gasteiger partial charge in [-0.2, -0.15) is 0 Å². The van der Waals surface area contributed by atoms with Crippen LogP contribution in [0.5, 0.6) is 0 Å². The zero-order valence-electron chi connectivity index (χ0n) is 12.0. The summed E-state index contributed by atoms with van der Waals surface area (Å²) in [7, 11) is 0. The molecular weight excluding hydrogens is 222 g/mol. The van der Waals surface area contributed by atoms with Crippen LogP contribution in [0.4, 0.5) is 11.4 Å². The monoisotopic (exact) mass is 247 g/mol. The van der Waals surface area contributed by atoms with Crippen LogP contribution in [0.15, 0.2) is 12.1 Å². The summed E-state index contributed by atoms with van der Waals surface area (Å²) in [6, 6.07) is 4.97. The first-order valence-electron chi connectivity index (χ1n) is 6.84. The fourth-order valence-electron chi connectivity index (χ4n) is 2.58. The molecule has 0 aliphatic carbocycles. The Hall–Kier alpha value is -1.22. The molecule has 1 aromatic rings. The SMILES string of the molecule is Cc1cc(N)c(N2CCN(C(C)C)CC2)cc1C. The number of hydrogen-bond donors (Lipinski definition) is 1. The van der Waals surface area contributed by atoms with Crippen molar-refractivity contribution in [3.8, 4) is 0 Å². The molecule has 1 fully saturated rings. The Balaban J connectivity index is 2.12. The molecule has 0 spiro atoms. The van der Waals surface area contributed by atoms with Crippen molar-refractivity contribution in [3.05, 3.63) is 23.3 Å². The van der Waals surface area contributed by atoms with Gasteiger partial charge in [0.25, 0.3) is 0 Å². The first-order chi connectivity index (χ1) is 8.49. The van der Waals surface area contributed by atoms with Gasteiger partial charge in [0.2, 0.25) is 0 Å². The van der Waals surface area contributed by atoms with Gasteiger partial charge in [-0.3, -0.25) is 4.90 Å². The second-order valence-electron chi connectivity index (χ2n) is 5.61. The van der Waals surface area contributed by atoms with Gasteiger partial charge in [-0.05, 0) is 51.0 Å². The number of aryl methyl sites for hydroxylation is 2. The van der Waals surface area contributed by atoms with E-state index in [-0.39, 0.29) is 0 Å². The maximum Gasteiger partial charge on any atom is 0.0603 e. The van der Waals surface area contributed by atoms with E-state index in [4.69, 9.17) is 5.73 Å². The topological polar surface area (TPSA) is 32.5 Å². The number of nitrogens with zero attached hydrogens (tertiary/aromatic N) is 2. The summed E-state index contributed by atoms with van der Waals surface area (Å²) in [5.74, 6) is 0. The molecule has 0 radical (unpaired) electrons. The van der Waals surface area contributed by atoms with Crippen molar-refractivity contribution in [1.82, 2.24) is 4.90 Å². The third kappa shape index (κ3) is 2.61. The first kappa shape index (κ1) is 13.2. The number of benzene rings is 1. The zero-order valence-corrected chi connectivity index (χ0v) is 12.0. The molecule has 0 unspecified atom stereocenters. The molecule has 3 nitrogen and oxygen atoms in total. The molecule has 0 saturated carbocycles. The van der Waals surface area contributed by atoms with E-state index in [1.165, 1.54) is 16.8 Å². The lowest BCUT2D eigenvalue weighted by molar-refractivity contribution is 0.209. The second-order valence-corrected chi connectivity index (χ2v) is 5.61. The highest BCUT2D eigenvalue weighted by molar-refractivity contribution is 5.70. The molecule has 0 aromatic heterocycles. The Morgan fingerprint density at radius 2 is 1.56 bits per heavy atom. The van der Waals surface area contributed by atoms with Gasteiger partial charge in [-0.25, -0.2) is 0 Å². The third-order valence-electron chi connectivity index (χ3n) is 4.03. The Morgan fingerprint density at radius 3 is 2.11 bits per heavy atom. The van der Waals surface area contributed by atoms with Gasteiger partial charge in [0.1, 0.15) is 0 Å². The number of rotatable bonds is 2. The maximum absolute atomic E-state index is 6.16. The predicted molar refractivity (Wildman–Crippen MR) is 79.3 cm³/mol. The highest BCUT2D eigenvalue weighted by Gasteiger charge is 2.20. The Kier molecular flexibility index (Phi) is 3.81. The van der Waals surface area contributed by atoms with E-state index >= 15 is 0 Å². The minimum atomic E-state index is 0.643. The highest BCUT2D eigenvalue weighted by Crippen LogP contribution is 2.27. The maximum atomic E-state index is 6.16. The molecule has 1 aromatic carbocycles. The molecule has 1 aliphatic rings. The molecule has 100 valence electrons. The average Bonchev–Trinajstić information content (AvgIpc) is 2.34. The second kappa shape index (κ2) is 5.19. The lowest BCUT2D eigenvalue weighted by Crippen LogP contribution is -2.49. The van der Waals surface area contributed by atoms with Crippen LogP contribution < -0.4 is 10.6 Å². The van der Waals surface area contributed by atoms with Crippen LogP contribution >= 0.6 is 0 Å². The molecule has 18 heavy (non-hydrogen) atoms. The van der Waals surface area contributed by atoms with Gasteiger partial charge in [-0.15, -0.1) is 0 Å². The fourth-order valence-corrected chi connectivity index (χ4v) is 2.58. The van der Waals surface area contributed by atoms with E-state index < -0.39 is 0 Å². The van der Waals surface area contributed by atoms with Crippen LogP contribution in [0.2, 0.25) is 0 Å². The van der Waals surface area contributed by atoms with Gasteiger partial charge < -0.3 is 10.6 Å². The van der Waals surface area contributed by atoms with Crippen LogP contribution in [-0.4, -0.2) is 37.1 Å². The van der Waals surface area contributed by atoms with Crippen molar-refractivity contribution in [2.75, 3.05) is 36.8 Å². The summed E-state index contributed by atoms with van der Waals surface area (Å²) < 4.78 is 0. The Labute approximate surface area is 111 Å². The number of nitrogens with two attached hydrogens (primary N) is 1. The quantitative estimate of drug-likeness (QED) is 0.815. The summed E-state index contributed by atoms with van der Waals surface area (Å²) in [6.07, 6.45) is 0. The summed E-state index contributed by atoms with van der Waals surface area (Å²) in [6.45, 7) is 13.2. The molecule has 1 aliphatic heterocycles. The van der Waals surface area contributed by atoms with E-state index in [1.807, 2.05) is 0 Å². The van der Waals surface area contributed by atoms with Crippen molar-refractivity contribution in [1.29, 1.82) is 0 Å². The standard InChI is InChI=1S/C15H25N3/c1-11(2)17-5-7-18(8-6-17)15-10-13(4)12(3)9-14(15)16/h9-11H,5-8,16H2,1-4H3. The van der Waals surface area contributed by atoms with E-state index in [9.17, 15) is 0 Å². The summed E-state index contributed by atoms with van der Waals surface area (Å²) in [5, 5.41) is 0. The van der Waals surface area contributed by atoms with Gasteiger partial charge in [0.15, 0.2) is 0 Å². The van der Waals surface area contributed by atoms with Crippen molar-refractivity contribution in [3.63, 3.8) is 0 Å². The van der Waals surface area contributed by atoms with E-state index in [0.717, 1.165) is 31.9 Å². The molecule has 1 saturated heterocycles. The average molecular weight is 247 g/mol. The lowest BCUT2D eigenvalue weighted by Gasteiger charge is -2.38. The molecule has 0 bridgehead atoms. The summed E-state index contributed by atoms with van der Waals surface area (Å²) in [5.41, 5.74) is 10.9. The van der Waals surface area contributed by atoms with Crippen molar-refractivity contribution < 1.29 is 0 Å². The minimum absolute atomic E-state index is 0.643. The number of hydrogen-bond acceptors (Lipinski definition) is 3. The van der Waals surface area contributed by atoms with Crippen LogP contribution in [0.3, 0.4) is 0 Å². The van der Waals surface area contributed by atoms with Crippen LogP contribution in [-0.2, 0) is 0 Å². The van der Waals surface area contributed by atoms with Crippen molar-refractivity contribution >= 4 is 11.4 Å². The zero-order chi connectivity index (χ0) is 13.3. The smallest absolute Gasteiger partial charge is 0.0603 e. The van der Waals surface area contributed by atoms with E-state index in [0.29, 0.717) is 6.04 Å². The summed E-state index contributed by atoms with van der Waals surface area (Å²) in [4.78, 5) is 4.94. The van der Waals surface area contributed by atoms with Gasteiger partial charge in [-0.1, -0.05) is 0 Å². The number of piperazine rings is 1. The molecular formula is C15H25N3. The largest absolute Gasteiger partial charge is 0.397 e. The van der Waals surface area contributed by atoms with E-state index in [2.05, 4.69) is 49.6 Å². The molecule has 1 heterocycles. The normalized spacial score (nSPS) is 17.5. The van der Waals surface area contributed by atoms with Gasteiger partial charge in [0.05, 0.1) is 11.4 Å². The third-order valence-corrected chi connectivity index (χ3v) is 4.03. The molecule has 3 heteroatoms. The van der Waals surface area contributed by atoms with Crippen LogP contribution in [0.25, 0.3) is 0 Å². The molecule has 0 amide bonds. The van der Waals surface area contributed by atoms with Gasteiger partial charge in [0, 0.05) is 32.2 Å². The highest BCUT2D eigenvalue weighted by atomic mass is 15.3. The molecule has 2 rings (SSSR count). The summed E-state index contributed by atoms with van der Waals surface area (Å²) >= 11 is 0. The van der Waals surface area contributed by atoms with Gasteiger partial charge >= 0.3 is 0 Å². The van der Waals surface area contributed by atoms with Crippen molar-refractivity contribution in [2.45, 2.75) is 33.7 Å². The van der Waals surface area contributed by atoms with E-state index in [1.54, 1.807) is 0 Å². The lowest BCUT2D eigenvalue weighted by atomic mass is 10.1. The Bertz CT molecular complexity index is 418. The predicted octanol–water partition coefficient (Wildman–Crippen LogP) is 2.42. The molecule has 0 atom stereocenters. The fraction of sp³-hybridized carbons (Fsp3) is 0.600. The van der Waals surface area contributed by atoms with Crippen molar-refractivity contribution in [2.24, 2.45) is 0 Å². The Morgan fingerprint density at radius 1 is 1.00 bits per heavy atom. The van der Waals surface area contributed by atoms with Crippen LogP contribution in [0, 0.1) is 13.8 Å². The minimum Gasteiger partial charge on any atom is -0.397 e.